The van der Waals surface area contributed by atoms with Gasteiger partial charge in [0.25, 0.3) is 0 Å². The zero-order valence-electron chi connectivity index (χ0n) is 7.75. The molecule has 0 saturated carbocycles. The van der Waals surface area contributed by atoms with Gasteiger partial charge in [-0.25, -0.2) is 5.43 Å². The van der Waals surface area contributed by atoms with E-state index in [0.717, 1.165) is 13.0 Å². The minimum Gasteiger partial charge on any atom is -0.309 e. The molecule has 0 atom stereocenters. The van der Waals surface area contributed by atoms with Crippen molar-refractivity contribution in [2.45, 2.75) is 13.3 Å². The molecule has 1 N–H and O–H groups in total. The van der Waals surface area contributed by atoms with Crippen LogP contribution in [-0.2, 0) is 0 Å². The Kier molecular flexibility index (Phi) is 3.61. The highest BCUT2D eigenvalue weighted by atomic mass is 15.5. The molecule has 0 aliphatic carbocycles. The van der Waals surface area contributed by atoms with Gasteiger partial charge in [-0.2, -0.15) is 0 Å². The molecule has 0 spiro atoms. The number of hydrogen-bond acceptors (Lipinski definition) is 2. The van der Waals surface area contributed by atoms with Gasteiger partial charge in [-0.1, -0.05) is 25.1 Å². The lowest BCUT2D eigenvalue weighted by Gasteiger charge is -2.22. The van der Waals surface area contributed by atoms with Crippen molar-refractivity contribution in [2.24, 2.45) is 0 Å². The first-order chi connectivity index (χ1) is 5.88. The monoisotopic (exact) mass is 164 g/mol. The molecule has 0 heterocycles. The van der Waals surface area contributed by atoms with Gasteiger partial charge >= 0.3 is 0 Å². The smallest absolute Gasteiger partial charge is 0.0519 e. The molecule has 1 aromatic carbocycles. The third kappa shape index (κ3) is 2.24. The van der Waals surface area contributed by atoms with Crippen molar-refractivity contribution in [3.8, 4) is 0 Å². The standard InChI is InChI=1S/C10H16N2/c1-3-9-12(11-2)10-7-5-4-6-8-10/h4-8,11H,3,9H2,1-2H3. The van der Waals surface area contributed by atoms with E-state index in [-0.39, 0.29) is 0 Å². The Morgan fingerprint density at radius 2 is 1.92 bits per heavy atom. The molecule has 0 aliphatic rings. The fourth-order valence-corrected chi connectivity index (χ4v) is 1.20. The lowest BCUT2D eigenvalue weighted by molar-refractivity contribution is 0.686. The summed E-state index contributed by atoms with van der Waals surface area (Å²) in [4.78, 5) is 0. The van der Waals surface area contributed by atoms with Crippen LogP contribution in [0, 0.1) is 0 Å². The Morgan fingerprint density at radius 1 is 1.25 bits per heavy atom. The number of rotatable bonds is 4. The van der Waals surface area contributed by atoms with Crippen molar-refractivity contribution in [1.29, 1.82) is 0 Å². The number of benzene rings is 1. The van der Waals surface area contributed by atoms with Crippen LogP contribution in [0.1, 0.15) is 13.3 Å². The average molecular weight is 164 g/mol. The minimum absolute atomic E-state index is 1.04. The quantitative estimate of drug-likeness (QED) is 0.685. The summed E-state index contributed by atoms with van der Waals surface area (Å²) in [5.74, 6) is 0. The van der Waals surface area contributed by atoms with Crippen molar-refractivity contribution >= 4 is 5.69 Å². The van der Waals surface area contributed by atoms with Crippen LogP contribution in [0.3, 0.4) is 0 Å². The summed E-state index contributed by atoms with van der Waals surface area (Å²) >= 11 is 0. The van der Waals surface area contributed by atoms with Crippen molar-refractivity contribution in [3.63, 3.8) is 0 Å². The molecule has 0 unspecified atom stereocenters. The lowest BCUT2D eigenvalue weighted by Crippen LogP contribution is -2.35. The van der Waals surface area contributed by atoms with E-state index in [2.05, 4.69) is 41.6 Å². The molecule has 1 aromatic rings. The van der Waals surface area contributed by atoms with E-state index in [4.69, 9.17) is 0 Å². The molecule has 2 heteroatoms. The maximum Gasteiger partial charge on any atom is 0.0519 e. The van der Waals surface area contributed by atoms with E-state index in [1.807, 2.05) is 13.1 Å². The maximum absolute atomic E-state index is 3.15. The third-order valence-electron chi connectivity index (χ3n) is 1.78. The first kappa shape index (κ1) is 9.07. The topological polar surface area (TPSA) is 15.3 Å². The molecule has 0 amide bonds. The second kappa shape index (κ2) is 4.78. The molecule has 0 bridgehead atoms. The SMILES string of the molecule is CCCN(NC)c1ccccc1. The number of nitrogens with one attached hydrogen (secondary N) is 1. The molecule has 2 nitrogen and oxygen atoms in total. The molecular weight excluding hydrogens is 148 g/mol. The normalized spacial score (nSPS) is 9.83. The van der Waals surface area contributed by atoms with Gasteiger partial charge in [-0.3, -0.25) is 0 Å². The predicted octanol–water partition coefficient (Wildman–Crippen LogP) is 2.04. The van der Waals surface area contributed by atoms with Gasteiger partial charge in [0.15, 0.2) is 0 Å². The van der Waals surface area contributed by atoms with Crippen LogP contribution in [-0.4, -0.2) is 13.6 Å². The van der Waals surface area contributed by atoms with Crippen LogP contribution < -0.4 is 10.4 Å². The van der Waals surface area contributed by atoms with Crippen molar-refractivity contribution < 1.29 is 0 Å². The van der Waals surface area contributed by atoms with E-state index in [0.29, 0.717) is 0 Å². The summed E-state index contributed by atoms with van der Waals surface area (Å²) in [7, 11) is 1.95. The second-order valence-electron chi connectivity index (χ2n) is 2.71. The highest BCUT2D eigenvalue weighted by Crippen LogP contribution is 2.10. The summed E-state index contributed by atoms with van der Waals surface area (Å²) in [6.45, 7) is 3.22. The van der Waals surface area contributed by atoms with Gasteiger partial charge in [0, 0.05) is 13.6 Å². The van der Waals surface area contributed by atoms with Gasteiger partial charge in [-0.15, -0.1) is 0 Å². The Hall–Kier alpha value is -1.02. The molecule has 1 rings (SSSR count). The summed E-state index contributed by atoms with van der Waals surface area (Å²) in [6.07, 6.45) is 1.15. The first-order valence-corrected chi connectivity index (χ1v) is 4.38. The summed E-state index contributed by atoms with van der Waals surface area (Å²) in [5, 5.41) is 2.14. The molecule has 0 radical (unpaired) electrons. The minimum atomic E-state index is 1.04. The zero-order chi connectivity index (χ0) is 8.81. The van der Waals surface area contributed by atoms with Gasteiger partial charge in [-0.05, 0) is 18.6 Å². The van der Waals surface area contributed by atoms with Crippen LogP contribution in [0.2, 0.25) is 0 Å². The summed E-state index contributed by atoms with van der Waals surface area (Å²) in [6, 6.07) is 10.3. The van der Waals surface area contributed by atoms with Crippen molar-refractivity contribution in [3.05, 3.63) is 30.3 Å². The molecule has 0 saturated heterocycles. The second-order valence-corrected chi connectivity index (χ2v) is 2.71. The van der Waals surface area contributed by atoms with Gasteiger partial charge in [0.05, 0.1) is 5.69 Å². The summed E-state index contributed by atoms with van der Waals surface area (Å²) < 4.78 is 0. The fourth-order valence-electron chi connectivity index (χ4n) is 1.20. The van der Waals surface area contributed by atoms with E-state index >= 15 is 0 Å². The van der Waals surface area contributed by atoms with Crippen LogP contribution in [0.15, 0.2) is 30.3 Å². The average Bonchev–Trinajstić information content (AvgIpc) is 2.15. The van der Waals surface area contributed by atoms with Crippen molar-refractivity contribution in [2.75, 3.05) is 18.6 Å². The molecule has 12 heavy (non-hydrogen) atoms. The molecule has 0 aliphatic heterocycles. The zero-order valence-corrected chi connectivity index (χ0v) is 7.75. The van der Waals surface area contributed by atoms with Crippen LogP contribution in [0.25, 0.3) is 0 Å². The molecule has 0 aromatic heterocycles. The van der Waals surface area contributed by atoms with Gasteiger partial charge in [0.2, 0.25) is 0 Å². The number of nitrogens with zero attached hydrogens (tertiary/aromatic N) is 1. The Morgan fingerprint density at radius 3 is 2.42 bits per heavy atom. The van der Waals surface area contributed by atoms with Crippen LogP contribution >= 0.6 is 0 Å². The molecule has 66 valence electrons. The van der Waals surface area contributed by atoms with E-state index in [1.54, 1.807) is 0 Å². The van der Waals surface area contributed by atoms with E-state index < -0.39 is 0 Å². The lowest BCUT2D eigenvalue weighted by atomic mass is 10.3. The largest absolute Gasteiger partial charge is 0.309 e. The number of hydrazine groups is 1. The number of anilines is 1. The highest BCUT2D eigenvalue weighted by molar-refractivity contribution is 5.44. The van der Waals surface area contributed by atoms with Crippen LogP contribution in [0.5, 0.6) is 0 Å². The fraction of sp³-hybridized carbons (Fsp3) is 0.400. The maximum atomic E-state index is 3.15. The van der Waals surface area contributed by atoms with E-state index in [1.165, 1.54) is 5.69 Å². The highest BCUT2D eigenvalue weighted by Gasteiger charge is 1.99. The first-order valence-electron chi connectivity index (χ1n) is 4.38. The number of para-hydroxylation sites is 1. The Balaban J connectivity index is 2.66. The summed E-state index contributed by atoms with van der Waals surface area (Å²) in [5.41, 5.74) is 4.38. The third-order valence-corrected chi connectivity index (χ3v) is 1.78. The van der Waals surface area contributed by atoms with Gasteiger partial charge in [0.1, 0.15) is 0 Å². The Bertz CT molecular complexity index is 208. The van der Waals surface area contributed by atoms with E-state index in [9.17, 15) is 0 Å². The van der Waals surface area contributed by atoms with Crippen molar-refractivity contribution in [1.82, 2.24) is 5.43 Å². The van der Waals surface area contributed by atoms with Gasteiger partial charge < -0.3 is 5.01 Å². The Labute approximate surface area is 74.2 Å². The predicted molar refractivity (Wildman–Crippen MR) is 53.1 cm³/mol. The van der Waals surface area contributed by atoms with Crippen LogP contribution in [0.4, 0.5) is 5.69 Å². The molecular formula is C10H16N2. The molecule has 0 fully saturated rings. The number of hydrogen-bond donors (Lipinski definition) is 1.